The van der Waals surface area contributed by atoms with E-state index in [1.54, 1.807) is 0 Å². The van der Waals surface area contributed by atoms with E-state index < -0.39 is 0 Å². The van der Waals surface area contributed by atoms with Crippen molar-refractivity contribution in [2.45, 2.75) is 32.7 Å². The molecule has 1 saturated heterocycles. The number of likely N-dealkylation sites (tertiary alicyclic amines) is 1. The topological polar surface area (TPSA) is 52.6 Å². The quantitative estimate of drug-likeness (QED) is 0.702. The number of allylic oxidation sites excluding steroid dienone is 1. The van der Waals surface area contributed by atoms with Gasteiger partial charge in [0.25, 0.3) is 0 Å². The number of hydrogen-bond acceptors (Lipinski definition) is 2. The molecule has 100 valence electrons. The number of aliphatic hydroxyl groups is 1. The van der Waals surface area contributed by atoms with Gasteiger partial charge in [0, 0.05) is 24.5 Å². The number of urea groups is 1. The maximum atomic E-state index is 12.0. The first kappa shape index (κ1) is 13.0. The Bertz CT molecular complexity index is 407. The largest absolute Gasteiger partial charge is 0.508 e. The summed E-state index contributed by atoms with van der Waals surface area (Å²) >= 11 is 0. The van der Waals surface area contributed by atoms with Crippen LogP contribution in [-0.2, 0) is 0 Å². The molecule has 1 aliphatic carbocycles. The normalized spacial score (nSPS) is 26.8. The van der Waals surface area contributed by atoms with Crippen molar-refractivity contribution in [2.24, 2.45) is 11.8 Å². The molecule has 2 rings (SSSR count). The first-order valence-corrected chi connectivity index (χ1v) is 6.42. The fourth-order valence-corrected chi connectivity index (χ4v) is 2.69. The van der Waals surface area contributed by atoms with Gasteiger partial charge in [0.2, 0.25) is 0 Å². The standard InChI is InChI=1S/C14H22N2O2/c1-9(17)10-5-11-7-16(8-12(11)6-10)13(18)15-14(2,3)4/h5,11-12,17H,1,6-8H2,2-4H3,(H,15,18). The summed E-state index contributed by atoms with van der Waals surface area (Å²) in [6.07, 6.45) is 2.90. The van der Waals surface area contributed by atoms with E-state index in [2.05, 4.69) is 18.0 Å². The van der Waals surface area contributed by atoms with Crippen LogP contribution in [0.15, 0.2) is 24.0 Å². The van der Waals surface area contributed by atoms with Crippen molar-refractivity contribution < 1.29 is 9.90 Å². The third-order valence-corrected chi connectivity index (χ3v) is 3.53. The summed E-state index contributed by atoms with van der Waals surface area (Å²) in [4.78, 5) is 13.9. The van der Waals surface area contributed by atoms with Crippen molar-refractivity contribution in [2.75, 3.05) is 13.1 Å². The molecule has 0 spiro atoms. The van der Waals surface area contributed by atoms with Gasteiger partial charge in [-0.25, -0.2) is 4.79 Å². The zero-order valence-electron chi connectivity index (χ0n) is 11.4. The fourth-order valence-electron chi connectivity index (χ4n) is 2.69. The lowest BCUT2D eigenvalue weighted by molar-refractivity contribution is 0.197. The molecule has 2 amide bonds. The van der Waals surface area contributed by atoms with Crippen molar-refractivity contribution in [1.29, 1.82) is 0 Å². The van der Waals surface area contributed by atoms with Crippen LogP contribution in [0.2, 0.25) is 0 Å². The Labute approximate surface area is 108 Å². The minimum absolute atomic E-state index is 0.00896. The Kier molecular flexibility index (Phi) is 3.13. The lowest BCUT2D eigenvalue weighted by Gasteiger charge is -2.25. The predicted octanol–water partition coefficient (Wildman–Crippen LogP) is 2.44. The van der Waals surface area contributed by atoms with Crippen LogP contribution >= 0.6 is 0 Å². The molecule has 1 aliphatic heterocycles. The van der Waals surface area contributed by atoms with Gasteiger partial charge in [0.05, 0.1) is 0 Å². The Hall–Kier alpha value is -1.45. The summed E-state index contributed by atoms with van der Waals surface area (Å²) in [7, 11) is 0. The Morgan fingerprint density at radius 3 is 2.67 bits per heavy atom. The van der Waals surface area contributed by atoms with E-state index in [0.29, 0.717) is 11.8 Å². The van der Waals surface area contributed by atoms with Gasteiger partial charge in [0.15, 0.2) is 0 Å². The second kappa shape index (κ2) is 4.34. The van der Waals surface area contributed by atoms with Gasteiger partial charge in [-0.15, -0.1) is 0 Å². The summed E-state index contributed by atoms with van der Waals surface area (Å²) in [6, 6.07) is 0.00896. The third kappa shape index (κ3) is 2.68. The molecule has 0 saturated carbocycles. The van der Waals surface area contributed by atoms with Crippen LogP contribution in [0.4, 0.5) is 4.79 Å². The van der Waals surface area contributed by atoms with E-state index in [4.69, 9.17) is 0 Å². The van der Waals surface area contributed by atoms with Gasteiger partial charge >= 0.3 is 6.03 Å². The van der Waals surface area contributed by atoms with Crippen molar-refractivity contribution >= 4 is 6.03 Å². The summed E-state index contributed by atoms with van der Waals surface area (Å²) < 4.78 is 0. The molecule has 0 aromatic heterocycles. The summed E-state index contributed by atoms with van der Waals surface area (Å²) in [5.74, 6) is 0.985. The van der Waals surface area contributed by atoms with Crippen molar-refractivity contribution in [3.05, 3.63) is 24.0 Å². The summed E-state index contributed by atoms with van der Waals surface area (Å²) in [6.45, 7) is 11.0. The monoisotopic (exact) mass is 250 g/mol. The maximum absolute atomic E-state index is 12.0. The Morgan fingerprint density at radius 2 is 2.17 bits per heavy atom. The molecule has 0 aromatic carbocycles. The SMILES string of the molecule is C=C(O)C1=CC2CN(C(=O)NC(C)(C)C)CC2C1. The van der Waals surface area contributed by atoms with Gasteiger partial charge < -0.3 is 15.3 Å². The highest BCUT2D eigenvalue weighted by Gasteiger charge is 2.39. The van der Waals surface area contributed by atoms with E-state index in [1.165, 1.54) is 0 Å². The number of nitrogens with zero attached hydrogens (tertiary/aromatic N) is 1. The summed E-state index contributed by atoms with van der Waals surface area (Å²) in [5.41, 5.74) is 0.746. The number of rotatable bonds is 1. The second-order valence-corrected chi connectivity index (χ2v) is 6.35. The highest BCUT2D eigenvalue weighted by molar-refractivity contribution is 5.75. The Balaban J connectivity index is 1.95. The van der Waals surface area contributed by atoms with E-state index in [1.807, 2.05) is 25.7 Å². The zero-order valence-corrected chi connectivity index (χ0v) is 11.4. The first-order chi connectivity index (χ1) is 8.26. The molecule has 18 heavy (non-hydrogen) atoms. The highest BCUT2D eigenvalue weighted by Crippen LogP contribution is 2.38. The van der Waals surface area contributed by atoms with Crippen LogP contribution in [-0.4, -0.2) is 34.7 Å². The minimum Gasteiger partial charge on any atom is -0.508 e. The van der Waals surface area contributed by atoms with Crippen LogP contribution in [0.1, 0.15) is 27.2 Å². The van der Waals surface area contributed by atoms with Gasteiger partial charge in [-0.1, -0.05) is 12.7 Å². The smallest absolute Gasteiger partial charge is 0.317 e. The van der Waals surface area contributed by atoms with Crippen molar-refractivity contribution in [3.63, 3.8) is 0 Å². The van der Waals surface area contributed by atoms with Crippen LogP contribution in [0.5, 0.6) is 0 Å². The molecule has 0 bridgehead atoms. The molecule has 2 N–H and O–H groups in total. The predicted molar refractivity (Wildman–Crippen MR) is 71.3 cm³/mol. The average Bonchev–Trinajstić information content (AvgIpc) is 2.69. The second-order valence-electron chi connectivity index (χ2n) is 6.35. The van der Waals surface area contributed by atoms with Gasteiger partial charge in [0.1, 0.15) is 5.76 Å². The number of nitrogens with one attached hydrogen (secondary N) is 1. The van der Waals surface area contributed by atoms with Crippen LogP contribution in [0.25, 0.3) is 0 Å². The molecule has 1 heterocycles. The molecule has 2 aliphatic rings. The fraction of sp³-hybridized carbons (Fsp3) is 0.643. The lowest BCUT2D eigenvalue weighted by Crippen LogP contribution is -2.47. The van der Waals surface area contributed by atoms with Gasteiger partial charge in [-0.3, -0.25) is 0 Å². The molecule has 1 fully saturated rings. The molecule has 4 heteroatoms. The molecule has 0 radical (unpaired) electrons. The summed E-state index contributed by atoms with van der Waals surface area (Å²) in [5, 5.41) is 12.4. The number of carbonyl (C=O) groups is 1. The van der Waals surface area contributed by atoms with Crippen LogP contribution < -0.4 is 5.32 Å². The van der Waals surface area contributed by atoms with Crippen LogP contribution in [0.3, 0.4) is 0 Å². The van der Waals surface area contributed by atoms with Crippen molar-refractivity contribution in [1.82, 2.24) is 10.2 Å². The van der Waals surface area contributed by atoms with Crippen molar-refractivity contribution in [3.8, 4) is 0 Å². The lowest BCUT2D eigenvalue weighted by atomic mass is 10.00. The molecular formula is C14H22N2O2. The highest BCUT2D eigenvalue weighted by atomic mass is 16.3. The maximum Gasteiger partial charge on any atom is 0.317 e. The first-order valence-electron chi connectivity index (χ1n) is 6.42. The van der Waals surface area contributed by atoms with E-state index in [-0.39, 0.29) is 17.3 Å². The van der Waals surface area contributed by atoms with Crippen LogP contribution in [0, 0.1) is 11.8 Å². The number of fused-ring (bicyclic) bond motifs is 1. The number of amides is 2. The molecule has 0 aromatic rings. The molecule has 2 unspecified atom stereocenters. The zero-order chi connectivity index (χ0) is 13.5. The Morgan fingerprint density at radius 1 is 1.50 bits per heavy atom. The average molecular weight is 250 g/mol. The van der Waals surface area contributed by atoms with Gasteiger partial charge in [-0.05, 0) is 38.7 Å². The third-order valence-electron chi connectivity index (χ3n) is 3.53. The molecular weight excluding hydrogens is 228 g/mol. The van der Waals surface area contributed by atoms with Gasteiger partial charge in [-0.2, -0.15) is 0 Å². The molecule has 2 atom stereocenters. The van der Waals surface area contributed by atoms with E-state index in [0.717, 1.165) is 25.1 Å². The minimum atomic E-state index is -0.199. The number of hydrogen-bond donors (Lipinski definition) is 2. The number of carbonyl (C=O) groups excluding carboxylic acids is 1. The van der Waals surface area contributed by atoms with E-state index >= 15 is 0 Å². The number of aliphatic hydroxyl groups excluding tert-OH is 1. The molecule has 4 nitrogen and oxygen atoms in total. The van der Waals surface area contributed by atoms with E-state index in [9.17, 15) is 9.90 Å².